The highest BCUT2D eigenvalue weighted by molar-refractivity contribution is 5.90. The number of hydrogen-bond acceptors (Lipinski definition) is 3. The summed E-state index contributed by atoms with van der Waals surface area (Å²) in [6.07, 6.45) is 0. The minimum atomic E-state index is -0.0822. The molecule has 0 N–H and O–H groups in total. The van der Waals surface area contributed by atoms with Gasteiger partial charge in [-0.1, -0.05) is 0 Å². The van der Waals surface area contributed by atoms with E-state index in [1.807, 2.05) is 20.8 Å². The number of ketones is 1. The molecule has 3 nitrogen and oxygen atoms in total. The zero-order chi connectivity index (χ0) is 9.30. The van der Waals surface area contributed by atoms with Crippen LogP contribution in [0.5, 0.6) is 0 Å². The molecule has 0 fully saturated rings. The topological polar surface area (TPSA) is 42.9 Å². The molecule has 0 radical (unpaired) electrons. The number of aromatic nitrogens is 2. The van der Waals surface area contributed by atoms with Crippen LogP contribution in [-0.2, 0) is 0 Å². The number of aryl methyl sites for hydroxylation is 2. The van der Waals surface area contributed by atoms with Gasteiger partial charge in [-0.3, -0.25) is 4.79 Å². The average molecular weight is 164 g/mol. The Bertz CT molecular complexity index is 308. The number of Topliss-reactive ketones (excluding diaryl/α,β-unsaturated/α-hetero) is 1. The Morgan fingerprint density at radius 1 is 1.08 bits per heavy atom. The molecule has 0 aliphatic heterocycles. The number of nitrogens with zero attached hydrogens (tertiary/aromatic N) is 2. The standard InChI is InChI=1S/C9H12N2O/c1-5-6(2)10-9(8(4)12)11-7(5)3/h1-4H3. The Balaban J connectivity index is 3.31. The summed E-state index contributed by atoms with van der Waals surface area (Å²) in [4.78, 5) is 19.1. The van der Waals surface area contributed by atoms with E-state index in [9.17, 15) is 4.79 Å². The minimum Gasteiger partial charge on any atom is -0.291 e. The van der Waals surface area contributed by atoms with Gasteiger partial charge in [0, 0.05) is 18.3 Å². The summed E-state index contributed by atoms with van der Waals surface area (Å²) in [6.45, 7) is 7.20. The normalized spacial score (nSPS) is 10.0. The van der Waals surface area contributed by atoms with Crippen molar-refractivity contribution >= 4 is 5.78 Å². The molecule has 0 bridgehead atoms. The third kappa shape index (κ3) is 1.49. The highest BCUT2D eigenvalue weighted by Gasteiger charge is 2.07. The van der Waals surface area contributed by atoms with Crippen LogP contribution in [0.3, 0.4) is 0 Å². The molecule has 64 valence electrons. The summed E-state index contributed by atoms with van der Waals surface area (Å²) in [5, 5.41) is 0. The monoisotopic (exact) mass is 164 g/mol. The molecule has 0 aromatic carbocycles. The molecule has 0 spiro atoms. The predicted octanol–water partition coefficient (Wildman–Crippen LogP) is 1.60. The fraction of sp³-hybridized carbons (Fsp3) is 0.444. The van der Waals surface area contributed by atoms with E-state index in [-0.39, 0.29) is 5.78 Å². The van der Waals surface area contributed by atoms with Crippen molar-refractivity contribution in [3.8, 4) is 0 Å². The van der Waals surface area contributed by atoms with Crippen LogP contribution in [0.1, 0.15) is 34.5 Å². The maximum atomic E-state index is 10.9. The molecule has 0 atom stereocenters. The van der Waals surface area contributed by atoms with Crippen molar-refractivity contribution in [3.63, 3.8) is 0 Å². The minimum absolute atomic E-state index is 0.0822. The lowest BCUT2D eigenvalue weighted by atomic mass is 10.2. The van der Waals surface area contributed by atoms with Gasteiger partial charge in [0.1, 0.15) is 0 Å². The van der Waals surface area contributed by atoms with E-state index in [1.54, 1.807) is 0 Å². The van der Waals surface area contributed by atoms with Gasteiger partial charge in [0.2, 0.25) is 0 Å². The first kappa shape index (κ1) is 8.84. The first-order valence-electron chi connectivity index (χ1n) is 3.85. The first-order chi connectivity index (χ1) is 5.52. The van der Waals surface area contributed by atoms with Crippen molar-refractivity contribution in [3.05, 3.63) is 22.8 Å². The van der Waals surface area contributed by atoms with Gasteiger partial charge in [0.05, 0.1) is 0 Å². The van der Waals surface area contributed by atoms with Gasteiger partial charge in [-0.25, -0.2) is 9.97 Å². The van der Waals surface area contributed by atoms with Crippen LogP contribution in [0, 0.1) is 20.8 Å². The zero-order valence-electron chi connectivity index (χ0n) is 7.80. The summed E-state index contributed by atoms with van der Waals surface area (Å²) < 4.78 is 0. The third-order valence-electron chi connectivity index (χ3n) is 1.95. The van der Waals surface area contributed by atoms with Crippen molar-refractivity contribution in [1.29, 1.82) is 0 Å². The molecule has 0 amide bonds. The summed E-state index contributed by atoms with van der Waals surface area (Å²) in [6, 6.07) is 0. The van der Waals surface area contributed by atoms with Crippen LogP contribution in [0.15, 0.2) is 0 Å². The maximum Gasteiger partial charge on any atom is 0.196 e. The lowest BCUT2D eigenvalue weighted by Crippen LogP contribution is -2.06. The van der Waals surface area contributed by atoms with Crippen LogP contribution in [0.2, 0.25) is 0 Å². The first-order valence-corrected chi connectivity index (χ1v) is 3.85. The summed E-state index contributed by atoms with van der Waals surface area (Å²) in [7, 11) is 0. The molecule has 0 aliphatic rings. The van der Waals surface area contributed by atoms with Crippen LogP contribution in [0.25, 0.3) is 0 Å². The highest BCUT2D eigenvalue weighted by atomic mass is 16.1. The lowest BCUT2D eigenvalue weighted by Gasteiger charge is -2.03. The molecule has 0 aliphatic carbocycles. The molecule has 0 saturated heterocycles. The number of carbonyl (C=O) groups is 1. The van der Waals surface area contributed by atoms with Gasteiger partial charge < -0.3 is 0 Å². The molecular weight excluding hydrogens is 152 g/mol. The van der Waals surface area contributed by atoms with E-state index in [0.29, 0.717) is 5.82 Å². The second-order valence-corrected chi connectivity index (χ2v) is 2.90. The molecule has 12 heavy (non-hydrogen) atoms. The van der Waals surface area contributed by atoms with Gasteiger partial charge in [-0.05, 0) is 26.3 Å². The van der Waals surface area contributed by atoms with Crippen LogP contribution in [-0.4, -0.2) is 15.8 Å². The van der Waals surface area contributed by atoms with Gasteiger partial charge in [0.25, 0.3) is 0 Å². The summed E-state index contributed by atoms with van der Waals surface area (Å²) in [5.74, 6) is 0.233. The SMILES string of the molecule is CC(=O)c1nc(C)c(C)c(C)n1. The quantitative estimate of drug-likeness (QED) is 0.592. The second-order valence-electron chi connectivity index (χ2n) is 2.90. The van der Waals surface area contributed by atoms with E-state index >= 15 is 0 Å². The van der Waals surface area contributed by atoms with Crippen molar-refractivity contribution in [1.82, 2.24) is 9.97 Å². The third-order valence-corrected chi connectivity index (χ3v) is 1.95. The van der Waals surface area contributed by atoms with E-state index in [2.05, 4.69) is 9.97 Å². The van der Waals surface area contributed by atoms with Crippen LogP contribution >= 0.6 is 0 Å². The Labute approximate surface area is 71.9 Å². The lowest BCUT2D eigenvalue weighted by molar-refractivity contribution is 0.100. The van der Waals surface area contributed by atoms with E-state index in [4.69, 9.17) is 0 Å². The van der Waals surface area contributed by atoms with Gasteiger partial charge in [0.15, 0.2) is 11.6 Å². The van der Waals surface area contributed by atoms with E-state index in [1.165, 1.54) is 6.92 Å². The average Bonchev–Trinajstić information content (AvgIpc) is 1.99. The zero-order valence-corrected chi connectivity index (χ0v) is 7.80. The number of hydrogen-bond donors (Lipinski definition) is 0. The Morgan fingerprint density at radius 3 is 1.83 bits per heavy atom. The molecule has 0 unspecified atom stereocenters. The fourth-order valence-electron chi connectivity index (χ4n) is 0.930. The highest BCUT2D eigenvalue weighted by Crippen LogP contribution is 2.07. The number of rotatable bonds is 1. The van der Waals surface area contributed by atoms with Crippen molar-refractivity contribution in [2.45, 2.75) is 27.7 Å². The number of carbonyl (C=O) groups excluding carboxylic acids is 1. The van der Waals surface area contributed by atoms with E-state index < -0.39 is 0 Å². The van der Waals surface area contributed by atoms with Crippen molar-refractivity contribution in [2.24, 2.45) is 0 Å². The summed E-state index contributed by atoms with van der Waals surface area (Å²) >= 11 is 0. The maximum absolute atomic E-state index is 10.9. The van der Waals surface area contributed by atoms with E-state index in [0.717, 1.165) is 17.0 Å². The van der Waals surface area contributed by atoms with Gasteiger partial charge >= 0.3 is 0 Å². The van der Waals surface area contributed by atoms with Crippen molar-refractivity contribution < 1.29 is 4.79 Å². The molecule has 0 saturated carbocycles. The smallest absolute Gasteiger partial charge is 0.196 e. The molecule has 1 aromatic rings. The molecular formula is C9H12N2O. The second kappa shape index (κ2) is 3.01. The molecule has 3 heteroatoms. The van der Waals surface area contributed by atoms with Gasteiger partial charge in [-0.15, -0.1) is 0 Å². The molecule has 1 aromatic heterocycles. The summed E-state index contributed by atoms with van der Waals surface area (Å²) in [5.41, 5.74) is 2.82. The van der Waals surface area contributed by atoms with Gasteiger partial charge in [-0.2, -0.15) is 0 Å². The fourth-order valence-corrected chi connectivity index (χ4v) is 0.930. The Hall–Kier alpha value is -1.25. The Morgan fingerprint density at radius 2 is 1.50 bits per heavy atom. The Kier molecular flexibility index (Phi) is 2.22. The van der Waals surface area contributed by atoms with Crippen LogP contribution < -0.4 is 0 Å². The predicted molar refractivity (Wildman–Crippen MR) is 46.2 cm³/mol. The largest absolute Gasteiger partial charge is 0.291 e. The van der Waals surface area contributed by atoms with Crippen LogP contribution in [0.4, 0.5) is 0 Å². The molecule has 1 heterocycles. The molecule has 1 rings (SSSR count). The van der Waals surface area contributed by atoms with Crippen molar-refractivity contribution in [2.75, 3.05) is 0 Å².